The zero-order valence-corrected chi connectivity index (χ0v) is 46.0. The molecular weight excluding hydrogens is 1200 g/mol. The molecule has 5 aromatic rings. The van der Waals surface area contributed by atoms with E-state index in [1.165, 1.54) is 63.0 Å². The van der Waals surface area contributed by atoms with Gasteiger partial charge in [-0.2, -0.15) is 0 Å². The van der Waals surface area contributed by atoms with E-state index in [0.29, 0.717) is 22.1 Å². The molecule has 3 aliphatic rings. The van der Waals surface area contributed by atoms with Crippen molar-refractivity contribution < 1.29 is 67.1 Å². The standard InChI is InChI=1S/C20H21F5N4O2.C12H14F4N2O.C11H12BF2N2O2.C8H8BrFN2O.ClH/c1-12(19(31)27-17-4-3-14(21)8-26-17)28-7-6-20(24,25)15(10-28)13-2-5-18(30)29(9-13)11-16(22)23;13-10(14)7-18-6-8(1-2-11(18)19)9-5-17-4-3-12(9,15)16;13-11(14)3-4-16(12-7-17)6-9(11)8-1-2-10(18)15-5-8;1-5(9)8(13)12-7-3-2-6(10)4-11-7;/h2-5,8-9,12,15-16H,6-7,10-11H2,1H3,(H,26,27,31);1-2,6,9-10,17H,3-5,7H2;1-2,5,7,9H,3-4,6H2,(H,15,18);2-5H,1H3,(H,11,12,13);1H/t12-,15+;;;5-;/m0..1./s1. The van der Waals surface area contributed by atoms with E-state index < -0.39 is 103 Å². The molecule has 0 aliphatic carbocycles. The van der Waals surface area contributed by atoms with Gasteiger partial charge >= 0.3 is 0 Å². The number of carbonyl (C=O) groups is 3. The molecule has 2 amide bonds. The molecule has 5 atom stereocenters. The molecule has 5 aromatic heterocycles. The van der Waals surface area contributed by atoms with Gasteiger partial charge in [-0.3, -0.25) is 28.9 Å². The average molecular weight is 1260 g/mol. The van der Waals surface area contributed by atoms with Crippen molar-refractivity contribution in [3.63, 3.8) is 0 Å². The third-order valence-corrected chi connectivity index (χ3v) is 13.4. The molecule has 16 nitrogen and oxygen atoms in total. The quantitative estimate of drug-likeness (QED) is 0.0365. The highest BCUT2D eigenvalue weighted by Gasteiger charge is 2.47. The van der Waals surface area contributed by atoms with Crippen molar-refractivity contribution in [2.24, 2.45) is 0 Å². The van der Waals surface area contributed by atoms with Crippen LogP contribution in [-0.2, 0) is 27.5 Å². The van der Waals surface area contributed by atoms with Gasteiger partial charge in [-0.1, -0.05) is 34.1 Å². The second kappa shape index (κ2) is 30.8. The molecular formula is C51H56BBrClF12N10O6. The molecule has 8 rings (SSSR count). The molecule has 31 heteroatoms. The third kappa shape index (κ3) is 20.2. The summed E-state index contributed by atoms with van der Waals surface area (Å²) in [5.74, 6) is -13.6. The number of rotatable bonds is 14. The van der Waals surface area contributed by atoms with Gasteiger partial charge in [0.1, 0.15) is 23.3 Å². The maximum absolute atomic E-state index is 14.7. The molecule has 0 bridgehead atoms. The Kier molecular flexibility index (Phi) is 25.6. The van der Waals surface area contributed by atoms with E-state index in [1.54, 1.807) is 16.6 Å². The molecule has 82 heavy (non-hydrogen) atoms. The Morgan fingerprint density at radius 1 is 0.695 bits per heavy atom. The Hall–Kier alpha value is -6.37. The number of likely N-dealkylation sites (tertiary alicyclic amines) is 1. The molecule has 1 radical (unpaired) electrons. The lowest BCUT2D eigenvalue weighted by molar-refractivity contribution is -0.125. The van der Waals surface area contributed by atoms with Gasteiger partial charge in [0.2, 0.25) is 17.4 Å². The number of H-pyrrole nitrogens is 1. The van der Waals surface area contributed by atoms with Gasteiger partial charge in [-0.25, -0.2) is 62.7 Å². The Morgan fingerprint density at radius 3 is 1.65 bits per heavy atom. The van der Waals surface area contributed by atoms with E-state index in [1.807, 2.05) is 0 Å². The lowest BCUT2D eigenvalue weighted by Gasteiger charge is -2.40. The van der Waals surface area contributed by atoms with Crippen LogP contribution in [-0.4, -0.2) is 140 Å². The summed E-state index contributed by atoms with van der Waals surface area (Å²) in [5, 5.41) is 7.86. The second-order valence-corrected chi connectivity index (χ2v) is 20.2. The predicted octanol–water partition coefficient (Wildman–Crippen LogP) is 7.90. The predicted molar refractivity (Wildman–Crippen MR) is 287 cm³/mol. The van der Waals surface area contributed by atoms with Gasteiger partial charge in [0, 0.05) is 82.2 Å². The lowest BCUT2D eigenvalue weighted by Crippen LogP contribution is -2.52. The summed E-state index contributed by atoms with van der Waals surface area (Å²) in [7, 11) is 1.27. The number of alkyl halides is 11. The molecule has 0 spiro atoms. The van der Waals surface area contributed by atoms with Gasteiger partial charge in [-0.15, -0.1) is 12.4 Å². The zero-order valence-electron chi connectivity index (χ0n) is 43.6. The number of aromatic amines is 1. The zero-order chi connectivity index (χ0) is 59.8. The number of nitrogens with one attached hydrogen (secondary N) is 4. The van der Waals surface area contributed by atoms with Crippen LogP contribution in [0.3, 0.4) is 0 Å². The largest absolute Gasteiger partial charge is 0.339 e. The number of piperidine rings is 3. The third-order valence-electron chi connectivity index (χ3n) is 13.0. The van der Waals surface area contributed by atoms with E-state index in [9.17, 15) is 81.5 Å². The lowest BCUT2D eigenvalue weighted by atomic mass is 9.82. The Labute approximate surface area is 476 Å². The summed E-state index contributed by atoms with van der Waals surface area (Å²) < 4.78 is 161. The molecule has 0 aromatic carbocycles. The van der Waals surface area contributed by atoms with Gasteiger partial charge in [0.15, 0.2) is 0 Å². The highest BCUT2D eigenvalue weighted by atomic mass is 79.9. The van der Waals surface area contributed by atoms with Crippen molar-refractivity contribution in [2.75, 3.05) is 49.9 Å². The van der Waals surface area contributed by atoms with Crippen molar-refractivity contribution in [1.29, 1.82) is 0 Å². The van der Waals surface area contributed by atoms with Crippen molar-refractivity contribution >= 4 is 65.4 Å². The first kappa shape index (κ1) is 68.1. The number of carbonyl (C=O) groups excluding carboxylic acids is 3. The first-order chi connectivity index (χ1) is 38.1. The molecule has 447 valence electrons. The van der Waals surface area contributed by atoms with Crippen molar-refractivity contribution in [3.8, 4) is 0 Å². The highest BCUT2D eigenvalue weighted by Crippen LogP contribution is 2.42. The molecule has 2 unspecified atom stereocenters. The molecule has 8 heterocycles. The number of hydrogen-bond acceptors (Lipinski definition) is 11. The first-order valence-corrected chi connectivity index (χ1v) is 25.8. The molecule has 3 fully saturated rings. The van der Waals surface area contributed by atoms with Gasteiger partial charge < -0.3 is 39.7 Å². The highest BCUT2D eigenvalue weighted by molar-refractivity contribution is 9.10. The fraction of sp³-hybridized carbons (Fsp3) is 0.451. The van der Waals surface area contributed by atoms with Crippen LogP contribution in [0.2, 0.25) is 0 Å². The summed E-state index contributed by atoms with van der Waals surface area (Å²) in [5.41, 5.74) is -1.02. The average Bonchev–Trinajstić information content (AvgIpc) is 3.47. The summed E-state index contributed by atoms with van der Waals surface area (Å²) in [4.78, 5) is 80.7. The van der Waals surface area contributed by atoms with Gasteiger partial charge in [0.25, 0.3) is 49.2 Å². The molecule has 3 aliphatic heterocycles. The van der Waals surface area contributed by atoms with E-state index in [-0.39, 0.29) is 97.8 Å². The molecule has 4 N–H and O–H groups in total. The first-order valence-electron chi connectivity index (χ1n) is 24.8. The minimum atomic E-state index is -3.14. The minimum absolute atomic E-state index is 0. The summed E-state index contributed by atoms with van der Waals surface area (Å²) >= 11 is 3.10. The Balaban J connectivity index is 0.000000246. The van der Waals surface area contributed by atoms with E-state index in [4.69, 9.17) is 0 Å². The maximum Gasteiger partial charge on any atom is 0.293 e. The van der Waals surface area contributed by atoms with E-state index in [0.717, 1.165) is 47.6 Å². The topological polar surface area (TPSA) is 196 Å². The summed E-state index contributed by atoms with van der Waals surface area (Å²) in [6.07, 6.45) is -0.619. The van der Waals surface area contributed by atoms with Crippen LogP contribution in [0.4, 0.5) is 64.3 Å². The smallest absolute Gasteiger partial charge is 0.293 e. The number of halogens is 14. The van der Waals surface area contributed by atoms with Crippen LogP contribution in [0.25, 0.3) is 0 Å². The minimum Gasteiger partial charge on any atom is -0.339 e. The van der Waals surface area contributed by atoms with Crippen LogP contribution in [0.1, 0.15) is 67.6 Å². The Bertz CT molecular complexity index is 3040. The fourth-order valence-electron chi connectivity index (χ4n) is 8.57. The SMILES string of the molecule is C[C@@H](Br)C(=O)Nc1ccc(F)cn1.C[C@@H](C(=O)Nc1ccc(F)cn1)N1CCC(F)(F)[C@@H](c2ccc(=O)n(CC(F)F)c2)C1.Cl.O=C[B]N1CCC(F)(F)C(c2ccc(=O)[nH]c2)C1.O=c1ccc(C2CNCCC2(F)F)cn1CC(F)F. The van der Waals surface area contributed by atoms with Crippen LogP contribution in [0.5, 0.6) is 0 Å². The fourth-order valence-corrected chi connectivity index (χ4v) is 8.68. The normalized spacial score (nSPS) is 19.9. The van der Waals surface area contributed by atoms with Crippen LogP contribution in [0.15, 0.2) is 106 Å². The molecule has 3 saturated heterocycles. The summed E-state index contributed by atoms with van der Waals surface area (Å²) in [6.45, 7) is 1.80. The van der Waals surface area contributed by atoms with Crippen molar-refractivity contribution in [2.45, 2.75) is 105 Å². The summed E-state index contributed by atoms with van der Waals surface area (Å²) in [6, 6.07) is 11.4. The second-order valence-electron chi connectivity index (χ2n) is 18.8. The van der Waals surface area contributed by atoms with Gasteiger partial charge in [0.05, 0.1) is 60.3 Å². The van der Waals surface area contributed by atoms with Crippen molar-refractivity contribution in [1.82, 2.24) is 39.1 Å². The van der Waals surface area contributed by atoms with E-state index in [2.05, 4.69) is 46.8 Å². The Morgan fingerprint density at radius 2 is 1.18 bits per heavy atom. The molecule has 0 saturated carbocycles. The van der Waals surface area contributed by atoms with Crippen LogP contribution in [0, 0.1) is 11.6 Å². The van der Waals surface area contributed by atoms with Gasteiger partial charge in [-0.05, 0) is 67.9 Å². The number of anilines is 2. The van der Waals surface area contributed by atoms with Crippen LogP contribution >= 0.6 is 28.3 Å². The van der Waals surface area contributed by atoms with Crippen LogP contribution < -0.4 is 32.6 Å². The number of amides is 2. The number of hydrogen-bond donors (Lipinski definition) is 4. The number of nitrogens with zero attached hydrogens (tertiary/aromatic N) is 6. The monoisotopic (exact) mass is 1260 g/mol. The van der Waals surface area contributed by atoms with E-state index >= 15 is 0 Å². The number of pyridine rings is 5. The van der Waals surface area contributed by atoms with Crippen molar-refractivity contribution in [3.05, 3.63) is 151 Å². The maximum atomic E-state index is 14.7. The number of aromatic nitrogens is 5.